The van der Waals surface area contributed by atoms with Crippen LogP contribution in [0, 0.1) is 0 Å². The lowest BCUT2D eigenvalue weighted by Gasteiger charge is -2.09. The molecule has 0 spiro atoms. The number of hydrogen-bond donors (Lipinski definition) is 2. The van der Waals surface area contributed by atoms with Crippen molar-refractivity contribution < 1.29 is 19.4 Å². The Kier molecular flexibility index (Phi) is 12.0. The molecule has 150 valence electrons. The summed E-state index contributed by atoms with van der Waals surface area (Å²) in [7, 11) is 4.24. The highest BCUT2D eigenvalue weighted by Gasteiger charge is 2.22. The third-order valence-corrected chi connectivity index (χ3v) is 4.59. The van der Waals surface area contributed by atoms with Crippen LogP contribution in [0.3, 0.4) is 0 Å². The first-order chi connectivity index (χ1) is 12.5. The first kappa shape index (κ1) is 22.6. The molecule has 0 aliphatic carbocycles. The summed E-state index contributed by atoms with van der Waals surface area (Å²) in [6.45, 7) is 1.61. The van der Waals surface area contributed by atoms with Gasteiger partial charge in [-0.2, -0.15) is 0 Å². The molecule has 0 saturated carbocycles. The third-order valence-electron chi connectivity index (χ3n) is 4.59. The standard InChI is InChI=1S/C20H36N2O4/c1-22(2)15-11-9-7-5-3-4-6-8-10-12-18(23)21-14-13-17-16-19(24)26-20(17)25/h16,20,25H,3-15H2,1-2H3,(H,21,23). The lowest BCUT2D eigenvalue weighted by molar-refractivity contribution is -0.151. The smallest absolute Gasteiger partial charge is 0.333 e. The minimum absolute atomic E-state index is 0.0335. The molecule has 0 aromatic carbocycles. The first-order valence-electron chi connectivity index (χ1n) is 9.99. The number of nitrogens with one attached hydrogen (secondary N) is 1. The van der Waals surface area contributed by atoms with Gasteiger partial charge in [0.15, 0.2) is 0 Å². The van der Waals surface area contributed by atoms with Crippen LogP contribution in [0.4, 0.5) is 0 Å². The molecule has 0 fully saturated rings. The van der Waals surface area contributed by atoms with Crippen molar-refractivity contribution in [2.24, 2.45) is 0 Å². The quantitative estimate of drug-likeness (QED) is 0.343. The summed E-state index contributed by atoms with van der Waals surface area (Å²) in [5.41, 5.74) is 0.525. The average molecular weight is 369 g/mol. The maximum Gasteiger partial charge on any atom is 0.333 e. The fourth-order valence-corrected chi connectivity index (χ4v) is 3.02. The molecule has 6 heteroatoms. The van der Waals surface area contributed by atoms with E-state index in [4.69, 9.17) is 0 Å². The van der Waals surface area contributed by atoms with E-state index in [-0.39, 0.29) is 5.91 Å². The number of unbranched alkanes of at least 4 members (excludes halogenated alkanes) is 8. The highest BCUT2D eigenvalue weighted by Crippen LogP contribution is 2.16. The summed E-state index contributed by atoms with van der Waals surface area (Å²) in [5, 5.41) is 12.2. The van der Waals surface area contributed by atoms with E-state index in [0.717, 1.165) is 12.8 Å². The van der Waals surface area contributed by atoms with Gasteiger partial charge in [-0.15, -0.1) is 0 Å². The number of ether oxygens (including phenoxy) is 1. The number of rotatable bonds is 15. The Labute approximate surface area is 158 Å². The molecule has 0 bridgehead atoms. The maximum atomic E-state index is 11.8. The molecule has 1 amide bonds. The zero-order valence-electron chi connectivity index (χ0n) is 16.5. The Morgan fingerprint density at radius 1 is 1.08 bits per heavy atom. The van der Waals surface area contributed by atoms with E-state index in [1.165, 1.54) is 57.6 Å². The second kappa shape index (κ2) is 13.8. The number of aliphatic hydroxyl groups is 1. The van der Waals surface area contributed by atoms with E-state index in [9.17, 15) is 14.7 Å². The normalized spacial score (nSPS) is 16.7. The predicted octanol–water partition coefficient (Wildman–Crippen LogP) is 2.76. The van der Waals surface area contributed by atoms with E-state index in [1.54, 1.807) is 0 Å². The van der Waals surface area contributed by atoms with Crippen molar-refractivity contribution in [3.8, 4) is 0 Å². The first-order valence-corrected chi connectivity index (χ1v) is 9.99. The average Bonchev–Trinajstić information content (AvgIpc) is 2.90. The summed E-state index contributed by atoms with van der Waals surface area (Å²) < 4.78 is 4.59. The van der Waals surface area contributed by atoms with Gasteiger partial charge in [0.2, 0.25) is 12.2 Å². The Morgan fingerprint density at radius 2 is 1.65 bits per heavy atom. The van der Waals surface area contributed by atoms with Crippen LogP contribution in [0.5, 0.6) is 0 Å². The molecule has 26 heavy (non-hydrogen) atoms. The van der Waals surface area contributed by atoms with Crippen molar-refractivity contribution in [2.75, 3.05) is 27.2 Å². The molecule has 0 radical (unpaired) electrons. The number of amides is 1. The van der Waals surface area contributed by atoms with E-state index in [1.807, 2.05) is 0 Å². The van der Waals surface area contributed by atoms with Crippen molar-refractivity contribution >= 4 is 11.9 Å². The number of hydrogen-bond acceptors (Lipinski definition) is 5. The van der Waals surface area contributed by atoms with Gasteiger partial charge in [-0.1, -0.05) is 44.9 Å². The molecular weight excluding hydrogens is 332 g/mol. The SMILES string of the molecule is CN(C)CCCCCCCCCCCC(=O)NCCC1=CC(=O)OC1O. The van der Waals surface area contributed by atoms with Gasteiger partial charge in [-0.25, -0.2) is 4.79 Å². The molecule has 1 unspecified atom stereocenters. The van der Waals surface area contributed by atoms with Gasteiger partial charge in [0.1, 0.15) is 0 Å². The Hall–Kier alpha value is -1.40. The second-order valence-electron chi connectivity index (χ2n) is 7.34. The second-order valence-corrected chi connectivity index (χ2v) is 7.34. The summed E-state index contributed by atoms with van der Waals surface area (Å²) >= 11 is 0. The lowest BCUT2D eigenvalue weighted by Crippen LogP contribution is -2.25. The molecule has 0 aromatic rings. The largest absolute Gasteiger partial charge is 0.429 e. The number of nitrogens with zero attached hydrogens (tertiary/aromatic N) is 1. The number of carbonyl (C=O) groups excluding carboxylic acids is 2. The number of cyclic esters (lactones) is 1. The van der Waals surface area contributed by atoms with Crippen LogP contribution in [0.15, 0.2) is 11.6 Å². The number of aliphatic hydroxyl groups excluding tert-OH is 1. The van der Waals surface area contributed by atoms with Gasteiger partial charge in [0.05, 0.1) is 0 Å². The van der Waals surface area contributed by atoms with Crippen LogP contribution in [0.2, 0.25) is 0 Å². The molecule has 1 atom stereocenters. The zero-order chi connectivity index (χ0) is 19.2. The lowest BCUT2D eigenvalue weighted by atomic mass is 10.1. The molecule has 1 aliphatic heterocycles. The number of carbonyl (C=O) groups is 2. The van der Waals surface area contributed by atoms with E-state index >= 15 is 0 Å². The minimum Gasteiger partial charge on any atom is -0.429 e. The predicted molar refractivity (Wildman–Crippen MR) is 103 cm³/mol. The van der Waals surface area contributed by atoms with Crippen LogP contribution < -0.4 is 5.32 Å². The van der Waals surface area contributed by atoms with E-state index < -0.39 is 12.3 Å². The monoisotopic (exact) mass is 368 g/mol. The molecule has 1 heterocycles. The fourth-order valence-electron chi connectivity index (χ4n) is 3.02. The molecule has 0 aromatic heterocycles. The van der Waals surface area contributed by atoms with Crippen LogP contribution in [0.25, 0.3) is 0 Å². The molecule has 1 aliphatic rings. The Bertz CT molecular complexity index is 449. The molecule has 2 N–H and O–H groups in total. The molecule has 6 nitrogen and oxygen atoms in total. The van der Waals surface area contributed by atoms with Gasteiger partial charge in [-0.05, 0) is 39.9 Å². The van der Waals surface area contributed by atoms with Gasteiger partial charge in [0, 0.05) is 24.6 Å². The Morgan fingerprint density at radius 3 is 2.19 bits per heavy atom. The Balaban J connectivity index is 1.85. The van der Waals surface area contributed by atoms with Gasteiger partial charge < -0.3 is 20.1 Å². The van der Waals surface area contributed by atoms with E-state index in [0.29, 0.717) is 25.0 Å². The van der Waals surface area contributed by atoms with Crippen LogP contribution in [-0.4, -0.2) is 55.4 Å². The molecule has 0 saturated heterocycles. The zero-order valence-corrected chi connectivity index (χ0v) is 16.5. The van der Waals surface area contributed by atoms with Gasteiger partial charge in [-0.3, -0.25) is 4.79 Å². The van der Waals surface area contributed by atoms with Gasteiger partial charge >= 0.3 is 5.97 Å². The summed E-state index contributed by atoms with van der Waals surface area (Å²) in [6.07, 6.45) is 12.2. The van der Waals surface area contributed by atoms with Crippen molar-refractivity contribution in [1.29, 1.82) is 0 Å². The van der Waals surface area contributed by atoms with Gasteiger partial charge in [0.25, 0.3) is 0 Å². The summed E-state index contributed by atoms with van der Waals surface area (Å²) in [4.78, 5) is 24.9. The van der Waals surface area contributed by atoms with Crippen molar-refractivity contribution in [2.45, 2.75) is 76.9 Å². The topological polar surface area (TPSA) is 78.9 Å². The van der Waals surface area contributed by atoms with Crippen LogP contribution >= 0.6 is 0 Å². The van der Waals surface area contributed by atoms with Crippen molar-refractivity contribution in [1.82, 2.24) is 10.2 Å². The molecular formula is C20H36N2O4. The van der Waals surface area contributed by atoms with Crippen molar-refractivity contribution in [3.05, 3.63) is 11.6 Å². The maximum absolute atomic E-state index is 11.8. The number of esters is 1. The van der Waals surface area contributed by atoms with Crippen molar-refractivity contribution in [3.63, 3.8) is 0 Å². The highest BCUT2D eigenvalue weighted by atomic mass is 16.6. The molecule has 1 rings (SSSR count). The summed E-state index contributed by atoms with van der Waals surface area (Å²) in [5.74, 6) is -0.487. The summed E-state index contributed by atoms with van der Waals surface area (Å²) in [6, 6.07) is 0. The van der Waals surface area contributed by atoms with Crippen LogP contribution in [0.1, 0.15) is 70.6 Å². The van der Waals surface area contributed by atoms with Crippen LogP contribution in [-0.2, 0) is 14.3 Å². The minimum atomic E-state index is -1.15. The highest BCUT2D eigenvalue weighted by molar-refractivity contribution is 5.85. The van der Waals surface area contributed by atoms with E-state index in [2.05, 4.69) is 29.0 Å². The third kappa shape index (κ3) is 11.3. The fraction of sp³-hybridized carbons (Fsp3) is 0.800.